The van der Waals surface area contributed by atoms with Crippen LogP contribution in [0.15, 0.2) is 24.3 Å². The summed E-state index contributed by atoms with van der Waals surface area (Å²) in [5.74, 6) is -0.200. The van der Waals surface area contributed by atoms with Crippen molar-refractivity contribution >= 4 is 17.5 Å². The largest absolute Gasteiger partial charge is 0.355 e. The van der Waals surface area contributed by atoms with E-state index in [9.17, 15) is 9.59 Å². The Morgan fingerprint density at radius 1 is 1.29 bits per heavy atom. The minimum Gasteiger partial charge on any atom is -0.355 e. The first kappa shape index (κ1) is 17.0. The van der Waals surface area contributed by atoms with E-state index < -0.39 is 0 Å². The molecule has 2 aliphatic rings. The fraction of sp³-hybridized carbons (Fsp3) is 0.579. The van der Waals surface area contributed by atoms with Crippen molar-refractivity contribution in [3.8, 4) is 0 Å². The Morgan fingerprint density at radius 2 is 1.96 bits per heavy atom. The van der Waals surface area contributed by atoms with Gasteiger partial charge in [-0.05, 0) is 50.4 Å². The second kappa shape index (κ2) is 6.93. The smallest absolute Gasteiger partial charge is 0.227 e. The van der Waals surface area contributed by atoms with E-state index in [4.69, 9.17) is 0 Å². The molecular formula is C19H27N3O2. The molecule has 3 rings (SSSR count). The molecule has 0 saturated carbocycles. The Morgan fingerprint density at radius 3 is 2.62 bits per heavy atom. The van der Waals surface area contributed by atoms with Gasteiger partial charge in [0.1, 0.15) is 0 Å². The van der Waals surface area contributed by atoms with E-state index in [1.54, 1.807) is 4.90 Å². The second-order valence-corrected chi connectivity index (χ2v) is 7.52. The Balaban J connectivity index is 1.56. The molecule has 0 bridgehead atoms. The molecule has 5 heteroatoms. The summed E-state index contributed by atoms with van der Waals surface area (Å²) in [7, 11) is 0. The van der Waals surface area contributed by atoms with Crippen molar-refractivity contribution in [1.29, 1.82) is 0 Å². The quantitative estimate of drug-likeness (QED) is 0.886. The fourth-order valence-corrected chi connectivity index (χ4v) is 3.51. The summed E-state index contributed by atoms with van der Waals surface area (Å²) in [4.78, 5) is 26.5. The van der Waals surface area contributed by atoms with Crippen LogP contribution in [-0.2, 0) is 9.59 Å². The number of hydrogen-bond donors (Lipinski definition) is 2. The predicted molar refractivity (Wildman–Crippen MR) is 94.9 cm³/mol. The average Bonchev–Trinajstić information content (AvgIpc) is 2.96. The van der Waals surface area contributed by atoms with Crippen LogP contribution < -0.4 is 15.5 Å². The SMILES string of the molecule is Cc1ccc(N2CC(C(=O)NCC3(C)CCNCC3)CC2=O)cc1. The summed E-state index contributed by atoms with van der Waals surface area (Å²) in [6.45, 7) is 7.44. The highest BCUT2D eigenvalue weighted by Crippen LogP contribution is 2.28. The van der Waals surface area contributed by atoms with Crippen molar-refractivity contribution in [2.24, 2.45) is 11.3 Å². The summed E-state index contributed by atoms with van der Waals surface area (Å²) in [5, 5.41) is 6.44. The molecule has 2 heterocycles. The molecule has 130 valence electrons. The molecule has 1 aromatic carbocycles. The molecule has 2 N–H and O–H groups in total. The predicted octanol–water partition coefficient (Wildman–Crippen LogP) is 1.85. The van der Waals surface area contributed by atoms with Crippen LogP contribution in [0.1, 0.15) is 31.7 Å². The Hall–Kier alpha value is -1.88. The van der Waals surface area contributed by atoms with E-state index in [0.717, 1.165) is 37.2 Å². The molecule has 1 aromatic rings. The van der Waals surface area contributed by atoms with Gasteiger partial charge >= 0.3 is 0 Å². The summed E-state index contributed by atoms with van der Waals surface area (Å²) in [6, 6.07) is 7.88. The maximum Gasteiger partial charge on any atom is 0.227 e. The van der Waals surface area contributed by atoms with Crippen LogP contribution in [0.4, 0.5) is 5.69 Å². The van der Waals surface area contributed by atoms with Gasteiger partial charge < -0.3 is 15.5 Å². The van der Waals surface area contributed by atoms with Gasteiger partial charge in [-0.3, -0.25) is 9.59 Å². The van der Waals surface area contributed by atoms with Crippen LogP contribution in [-0.4, -0.2) is 38.0 Å². The number of benzene rings is 1. The molecule has 1 unspecified atom stereocenters. The highest BCUT2D eigenvalue weighted by Gasteiger charge is 2.36. The van der Waals surface area contributed by atoms with Crippen LogP contribution in [0.2, 0.25) is 0 Å². The Kier molecular flexibility index (Phi) is 4.90. The second-order valence-electron chi connectivity index (χ2n) is 7.52. The molecule has 0 aromatic heterocycles. The third-order valence-corrected chi connectivity index (χ3v) is 5.34. The lowest BCUT2D eigenvalue weighted by atomic mass is 9.81. The number of nitrogens with zero attached hydrogens (tertiary/aromatic N) is 1. The number of carbonyl (C=O) groups excluding carboxylic acids is 2. The number of aryl methyl sites for hydroxylation is 1. The average molecular weight is 329 g/mol. The van der Waals surface area contributed by atoms with Crippen molar-refractivity contribution < 1.29 is 9.59 Å². The molecular weight excluding hydrogens is 302 g/mol. The monoisotopic (exact) mass is 329 g/mol. The van der Waals surface area contributed by atoms with Crippen LogP contribution in [0.5, 0.6) is 0 Å². The summed E-state index contributed by atoms with van der Waals surface area (Å²) >= 11 is 0. The zero-order valence-electron chi connectivity index (χ0n) is 14.6. The highest BCUT2D eigenvalue weighted by molar-refractivity contribution is 6.00. The third-order valence-electron chi connectivity index (χ3n) is 5.34. The van der Waals surface area contributed by atoms with Crippen LogP contribution >= 0.6 is 0 Å². The molecule has 0 spiro atoms. The van der Waals surface area contributed by atoms with Crippen LogP contribution in [0, 0.1) is 18.3 Å². The van der Waals surface area contributed by atoms with Crippen LogP contribution in [0.25, 0.3) is 0 Å². The summed E-state index contributed by atoms with van der Waals surface area (Å²) in [6.07, 6.45) is 2.46. The number of rotatable bonds is 4. The molecule has 2 aliphatic heterocycles. The van der Waals surface area contributed by atoms with Crippen LogP contribution in [0.3, 0.4) is 0 Å². The number of piperidine rings is 1. The first-order valence-electron chi connectivity index (χ1n) is 8.82. The van der Waals surface area contributed by atoms with Crippen molar-refractivity contribution in [3.05, 3.63) is 29.8 Å². The number of anilines is 1. The normalized spacial score (nSPS) is 23.3. The molecule has 5 nitrogen and oxygen atoms in total. The van der Waals surface area contributed by atoms with Gasteiger partial charge in [0.2, 0.25) is 11.8 Å². The molecule has 1 atom stereocenters. The molecule has 24 heavy (non-hydrogen) atoms. The first-order valence-corrected chi connectivity index (χ1v) is 8.82. The minimum atomic E-state index is -0.246. The van der Waals surface area contributed by atoms with Gasteiger partial charge in [-0.2, -0.15) is 0 Å². The standard InChI is InChI=1S/C19H27N3O2/c1-14-3-5-16(6-4-14)22-12-15(11-17(22)23)18(24)21-13-19(2)7-9-20-10-8-19/h3-6,15,20H,7-13H2,1-2H3,(H,21,24). The number of hydrogen-bond acceptors (Lipinski definition) is 3. The zero-order valence-corrected chi connectivity index (χ0v) is 14.6. The highest BCUT2D eigenvalue weighted by atomic mass is 16.2. The van der Waals surface area contributed by atoms with Gasteiger partial charge in [0.25, 0.3) is 0 Å². The summed E-state index contributed by atoms with van der Waals surface area (Å²) < 4.78 is 0. The minimum absolute atomic E-state index is 0.0118. The van der Waals surface area contributed by atoms with Gasteiger partial charge in [0.15, 0.2) is 0 Å². The van der Waals surface area contributed by atoms with Gasteiger partial charge in [-0.15, -0.1) is 0 Å². The number of carbonyl (C=O) groups is 2. The Bertz CT molecular complexity index is 606. The van der Waals surface area contributed by atoms with E-state index in [1.165, 1.54) is 0 Å². The third kappa shape index (κ3) is 3.78. The van der Waals surface area contributed by atoms with E-state index in [1.807, 2.05) is 31.2 Å². The fourth-order valence-electron chi connectivity index (χ4n) is 3.51. The number of nitrogens with one attached hydrogen (secondary N) is 2. The van der Waals surface area contributed by atoms with E-state index >= 15 is 0 Å². The Labute approximate surface area is 143 Å². The van der Waals surface area contributed by atoms with E-state index in [0.29, 0.717) is 19.5 Å². The zero-order chi connectivity index (χ0) is 17.2. The van der Waals surface area contributed by atoms with Gasteiger partial charge in [0, 0.05) is 25.2 Å². The van der Waals surface area contributed by atoms with E-state index in [2.05, 4.69) is 17.6 Å². The summed E-state index contributed by atoms with van der Waals surface area (Å²) in [5.41, 5.74) is 2.21. The van der Waals surface area contributed by atoms with Gasteiger partial charge in [-0.1, -0.05) is 24.6 Å². The molecule has 2 amide bonds. The lowest BCUT2D eigenvalue weighted by Crippen LogP contribution is -2.44. The van der Waals surface area contributed by atoms with Crippen molar-refractivity contribution in [3.63, 3.8) is 0 Å². The van der Waals surface area contributed by atoms with Gasteiger partial charge in [0.05, 0.1) is 5.92 Å². The van der Waals surface area contributed by atoms with Crippen molar-refractivity contribution in [2.45, 2.75) is 33.1 Å². The van der Waals surface area contributed by atoms with Gasteiger partial charge in [-0.25, -0.2) is 0 Å². The topological polar surface area (TPSA) is 61.4 Å². The lowest BCUT2D eigenvalue weighted by Gasteiger charge is -2.34. The number of amides is 2. The molecule has 0 aliphatic carbocycles. The van der Waals surface area contributed by atoms with Crippen molar-refractivity contribution in [2.75, 3.05) is 31.1 Å². The van der Waals surface area contributed by atoms with Crippen molar-refractivity contribution in [1.82, 2.24) is 10.6 Å². The maximum absolute atomic E-state index is 12.5. The first-order chi connectivity index (χ1) is 11.5. The molecule has 0 radical (unpaired) electrons. The lowest BCUT2D eigenvalue weighted by molar-refractivity contribution is -0.126. The maximum atomic E-state index is 12.5. The molecule has 2 fully saturated rings. The van der Waals surface area contributed by atoms with E-state index in [-0.39, 0.29) is 23.1 Å². The molecule has 2 saturated heterocycles.